The third-order valence-electron chi connectivity index (χ3n) is 3.52. The number of carbonyl (C=O) groups is 1. The average Bonchev–Trinajstić information content (AvgIpc) is 2.45. The van der Waals surface area contributed by atoms with E-state index >= 15 is 0 Å². The van der Waals surface area contributed by atoms with Crippen LogP contribution in [0.2, 0.25) is 0 Å². The number of rotatable bonds is 2. The van der Waals surface area contributed by atoms with Crippen LogP contribution in [0.5, 0.6) is 0 Å². The van der Waals surface area contributed by atoms with Crippen molar-refractivity contribution >= 4 is 11.7 Å². The molecule has 1 fully saturated rings. The fraction of sp³-hybridized carbons (Fsp3) is 0.562. The van der Waals surface area contributed by atoms with Crippen molar-refractivity contribution in [1.29, 1.82) is 5.26 Å². The lowest BCUT2D eigenvalue weighted by Crippen LogP contribution is -2.49. The molecule has 0 N–H and O–H groups in total. The van der Waals surface area contributed by atoms with Gasteiger partial charge < -0.3 is 9.80 Å². The third-order valence-corrected chi connectivity index (χ3v) is 3.52. The Labute approximate surface area is 126 Å². The van der Waals surface area contributed by atoms with Crippen LogP contribution in [0.3, 0.4) is 0 Å². The zero-order valence-corrected chi connectivity index (χ0v) is 13.0. The molecule has 1 aromatic heterocycles. The Bertz CT molecular complexity index is 548. The van der Waals surface area contributed by atoms with Gasteiger partial charge in [-0.2, -0.15) is 5.26 Å². The molecule has 0 unspecified atom stereocenters. The van der Waals surface area contributed by atoms with E-state index in [1.54, 1.807) is 18.3 Å². The van der Waals surface area contributed by atoms with E-state index in [1.165, 1.54) is 0 Å². The summed E-state index contributed by atoms with van der Waals surface area (Å²) in [5.74, 6) is 0.937. The van der Waals surface area contributed by atoms with E-state index < -0.39 is 0 Å². The lowest BCUT2D eigenvalue weighted by Gasteiger charge is -2.36. The van der Waals surface area contributed by atoms with Crippen LogP contribution in [-0.4, -0.2) is 42.0 Å². The topological polar surface area (TPSA) is 60.2 Å². The summed E-state index contributed by atoms with van der Waals surface area (Å²) in [6.07, 6.45) is 2.27. The fourth-order valence-corrected chi connectivity index (χ4v) is 2.47. The van der Waals surface area contributed by atoms with E-state index in [1.807, 2.05) is 4.90 Å². The number of hydrogen-bond acceptors (Lipinski definition) is 4. The van der Waals surface area contributed by atoms with Crippen LogP contribution in [0.1, 0.15) is 32.8 Å². The molecule has 2 heterocycles. The van der Waals surface area contributed by atoms with Crippen molar-refractivity contribution in [3.05, 3.63) is 23.9 Å². The predicted octanol–water partition coefficient (Wildman–Crippen LogP) is 2.04. The van der Waals surface area contributed by atoms with Crippen molar-refractivity contribution in [2.45, 2.75) is 27.2 Å². The molecule has 112 valence electrons. The number of aromatic nitrogens is 1. The molecule has 1 saturated heterocycles. The van der Waals surface area contributed by atoms with E-state index in [0.717, 1.165) is 18.9 Å². The maximum Gasteiger partial charge on any atom is 0.223 e. The lowest BCUT2D eigenvalue weighted by molar-refractivity contribution is -0.133. The van der Waals surface area contributed by atoms with Crippen LogP contribution in [0.15, 0.2) is 18.3 Å². The van der Waals surface area contributed by atoms with Gasteiger partial charge in [-0.15, -0.1) is 0 Å². The maximum atomic E-state index is 12.2. The molecule has 0 bridgehead atoms. The smallest absolute Gasteiger partial charge is 0.223 e. The Morgan fingerprint density at radius 3 is 2.57 bits per heavy atom. The molecule has 1 aromatic rings. The van der Waals surface area contributed by atoms with Crippen molar-refractivity contribution < 1.29 is 4.79 Å². The molecular formula is C16H22N4O. The highest BCUT2D eigenvalue weighted by molar-refractivity contribution is 5.77. The van der Waals surface area contributed by atoms with Gasteiger partial charge in [-0.05, 0) is 17.5 Å². The number of pyridine rings is 1. The molecule has 5 heteroatoms. The van der Waals surface area contributed by atoms with Gasteiger partial charge in [-0.25, -0.2) is 4.98 Å². The molecule has 1 aliphatic rings. The van der Waals surface area contributed by atoms with Gasteiger partial charge in [0, 0.05) is 38.8 Å². The highest BCUT2D eigenvalue weighted by Crippen LogP contribution is 2.22. The van der Waals surface area contributed by atoms with Crippen molar-refractivity contribution in [2.24, 2.45) is 5.41 Å². The summed E-state index contributed by atoms with van der Waals surface area (Å²) in [7, 11) is 0. The van der Waals surface area contributed by atoms with Gasteiger partial charge in [0.1, 0.15) is 11.9 Å². The van der Waals surface area contributed by atoms with Gasteiger partial charge in [-0.1, -0.05) is 20.8 Å². The highest BCUT2D eigenvalue weighted by atomic mass is 16.2. The predicted molar refractivity (Wildman–Crippen MR) is 81.8 cm³/mol. The van der Waals surface area contributed by atoms with Crippen LogP contribution in [0.4, 0.5) is 5.82 Å². The second-order valence-corrected chi connectivity index (χ2v) is 6.59. The third kappa shape index (κ3) is 3.94. The number of nitrogens with zero attached hydrogens (tertiary/aromatic N) is 4. The number of nitriles is 1. The molecule has 0 aromatic carbocycles. The summed E-state index contributed by atoms with van der Waals surface area (Å²) in [4.78, 5) is 20.5. The zero-order valence-electron chi connectivity index (χ0n) is 13.0. The first-order valence-electron chi connectivity index (χ1n) is 7.28. The first-order chi connectivity index (χ1) is 9.90. The first-order valence-corrected chi connectivity index (χ1v) is 7.28. The number of amides is 1. The monoisotopic (exact) mass is 286 g/mol. The Morgan fingerprint density at radius 1 is 1.33 bits per heavy atom. The second kappa shape index (κ2) is 6.13. The van der Waals surface area contributed by atoms with Crippen molar-refractivity contribution in [2.75, 3.05) is 31.1 Å². The summed E-state index contributed by atoms with van der Waals surface area (Å²) in [6.45, 7) is 9.06. The van der Waals surface area contributed by atoms with Crippen molar-refractivity contribution in [1.82, 2.24) is 9.88 Å². The largest absolute Gasteiger partial charge is 0.352 e. The molecule has 0 aliphatic carbocycles. The van der Waals surface area contributed by atoms with E-state index in [9.17, 15) is 4.79 Å². The Hall–Kier alpha value is -2.09. The van der Waals surface area contributed by atoms with Gasteiger partial charge in [0.2, 0.25) is 5.91 Å². The molecular weight excluding hydrogens is 264 g/mol. The van der Waals surface area contributed by atoms with E-state index in [0.29, 0.717) is 25.1 Å². The van der Waals surface area contributed by atoms with E-state index in [2.05, 4.69) is 36.7 Å². The van der Waals surface area contributed by atoms with Crippen LogP contribution in [0.25, 0.3) is 0 Å². The second-order valence-electron chi connectivity index (χ2n) is 6.59. The lowest BCUT2D eigenvalue weighted by atomic mass is 9.91. The van der Waals surface area contributed by atoms with Gasteiger partial charge in [0.05, 0.1) is 5.56 Å². The Kier molecular flexibility index (Phi) is 4.46. The summed E-state index contributed by atoms with van der Waals surface area (Å²) in [5.41, 5.74) is 0.607. The molecule has 0 saturated carbocycles. The first kappa shape index (κ1) is 15.3. The quantitative estimate of drug-likeness (QED) is 0.834. The molecule has 1 aliphatic heterocycles. The minimum atomic E-state index is 0.0170. The SMILES string of the molecule is CC(C)(C)CC(=O)N1CCN(c2ncccc2C#N)CC1. The van der Waals surface area contributed by atoms with Crippen LogP contribution >= 0.6 is 0 Å². The summed E-state index contributed by atoms with van der Waals surface area (Å²) >= 11 is 0. The molecule has 0 spiro atoms. The number of anilines is 1. The maximum absolute atomic E-state index is 12.2. The van der Waals surface area contributed by atoms with Gasteiger partial charge in [-0.3, -0.25) is 4.79 Å². The Morgan fingerprint density at radius 2 is 2.00 bits per heavy atom. The van der Waals surface area contributed by atoms with E-state index in [4.69, 9.17) is 5.26 Å². The molecule has 1 amide bonds. The number of piperazine rings is 1. The standard InChI is InChI=1S/C16H22N4O/c1-16(2,3)11-14(21)19-7-9-20(10-8-19)15-13(12-17)5-4-6-18-15/h4-6H,7-11H2,1-3H3. The minimum Gasteiger partial charge on any atom is -0.352 e. The van der Waals surface area contributed by atoms with Gasteiger partial charge in [0.25, 0.3) is 0 Å². The van der Waals surface area contributed by atoms with Crippen LogP contribution < -0.4 is 4.90 Å². The molecule has 2 rings (SSSR count). The minimum absolute atomic E-state index is 0.0170. The van der Waals surface area contributed by atoms with E-state index in [-0.39, 0.29) is 11.3 Å². The van der Waals surface area contributed by atoms with Crippen molar-refractivity contribution in [3.63, 3.8) is 0 Å². The molecule has 5 nitrogen and oxygen atoms in total. The van der Waals surface area contributed by atoms with Crippen molar-refractivity contribution in [3.8, 4) is 6.07 Å². The molecule has 0 atom stereocenters. The Balaban J connectivity index is 1.98. The number of carbonyl (C=O) groups excluding carboxylic acids is 1. The zero-order chi connectivity index (χ0) is 15.5. The average molecular weight is 286 g/mol. The summed E-state index contributed by atoms with van der Waals surface area (Å²) in [5, 5.41) is 9.14. The number of hydrogen-bond donors (Lipinski definition) is 0. The highest BCUT2D eigenvalue weighted by Gasteiger charge is 2.26. The molecule has 0 radical (unpaired) electrons. The van der Waals surface area contributed by atoms with Gasteiger partial charge in [0.15, 0.2) is 0 Å². The summed E-state index contributed by atoms with van der Waals surface area (Å²) < 4.78 is 0. The normalized spacial score (nSPS) is 15.7. The fourth-order valence-electron chi connectivity index (χ4n) is 2.47. The summed E-state index contributed by atoms with van der Waals surface area (Å²) in [6, 6.07) is 5.72. The van der Waals surface area contributed by atoms with Crippen LogP contribution in [0, 0.1) is 16.7 Å². The molecule has 21 heavy (non-hydrogen) atoms. The van der Waals surface area contributed by atoms with Crippen LogP contribution in [-0.2, 0) is 4.79 Å². The van der Waals surface area contributed by atoms with Gasteiger partial charge >= 0.3 is 0 Å².